The minimum absolute atomic E-state index is 0.0166. The molecule has 2 N–H and O–H groups in total. The molecule has 2 aromatic rings. The Bertz CT molecular complexity index is 800. The topological polar surface area (TPSA) is 59.6 Å². The number of ether oxygens (including phenoxy) is 2. The highest BCUT2D eigenvalue weighted by Crippen LogP contribution is 2.42. The molecule has 1 atom stereocenters. The maximum absolute atomic E-state index is 12.7. The van der Waals surface area contributed by atoms with Gasteiger partial charge in [0.2, 0.25) is 0 Å². The lowest BCUT2D eigenvalue weighted by atomic mass is 9.94. The first-order valence-corrected chi connectivity index (χ1v) is 8.96. The molecule has 2 heterocycles. The molecule has 126 valence electrons. The lowest BCUT2D eigenvalue weighted by molar-refractivity contribution is 0.0935. The molecule has 0 spiro atoms. The van der Waals surface area contributed by atoms with Crippen molar-refractivity contribution in [2.24, 2.45) is 0 Å². The summed E-state index contributed by atoms with van der Waals surface area (Å²) in [6, 6.07) is 5.70. The molecule has 1 aliphatic heterocycles. The van der Waals surface area contributed by atoms with Crippen LogP contribution < -0.4 is 20.1 Å². The van der Waals surface area contributed by atoms with Crippen LogP contribution in [0.3, 0.4) is 0 Å². The summed E-state index contributed by atoms with van der Waals surface area (Å²) in [5.41, 5.74) is 3.04. The second kappa shape index (κ2) is 6.02. The van der Waals surface area contributed by atoms with E-state index in [1.807, 2.05) is 18.2 Å². The van der Waals surface area contributed by atoms with Gasteiger partial charge in [0.15, 0.2) is 11.5 Å². The lowest BCUT2D eigenvalue weighted by Gasteiger charge is -2.27. The minimum Gasteiger partial charge on any atom is -0.493 e. The SMILES string of the molecule is COc1ccc([C@H]2NC(=O)c3c(sc4c3CCCC4)N2)cc1OC. The molecule has 1 aliphatic carbocycles. The van der Waals surface area contributed by atoms with Crippen LogP contribution in [-0.2, 0) is 12.8 Å². The largest absolute Gasteiger partial charge is 0.493 e. The number of hydrogen-bond acceptors (Lipinski definition) is 5. The lowest BCUT2D eigenvalue weighted by Crippen LogP contribution is -2.38. The highest BCUT2D eigenvalue weighted by Gasteiger charge is 2.32. The highest BCUT2D eigenvalue weighted by atomic mass is 32.1. The molecular formula is C18H20N2O3S. The van der Waals surface area contributed by atoms with E-state index in [0.29, 0.717) is 11.5 Å². The molecule has 0 fully saturated rings. The van der Waals surface area contributed by atoms with Crippen molar-refractivity contribution < 1.29 is 14.3 Å². The van der Waals surface area contributed by atoms with Gasteiger partial charge in [-0.1, -0.05) is 6.07 Å². The molecule has 6 heteroatoms. The van der Waals surface area contributed by atoms with Crippen LogP contribution in [0.15, 0.2) is 18.2 Å². The quantitative estimate of drug-likeness (QED) is 0.895. The van der Waals surface area contributed by atoms with Crippen molar-refractivity contribution in [3.63, 3.8) is 0 Å². The summed E-state index contributed by atoms with van der Waals surface area (Å²) in [6.07, 6.45) is 4.22. The summed E-state index contributed by atoms with van der Waals surface area (Å²) in [4.78, 5) is 14.0. The van der Waals surface area contributed by atoms with Crippen molar-refractivity contribution >= 4 is 22.2 Å². The molecule has 0 radical (unpaired) electrons. The zero-order valence-corrected chi connectivity index (χ0v) is 14.6. The first kappa shape index (κ1) is 15.3. The van der Waals surface area contributed by atoms with Gasteiger partial charge in [-0.2, -0.15) is 0 Å². The van der Waals surface area contributed by atoms with Crippen LogP contribution in [0, 0.1) is 0 Å². The Morgan fingerprint density at radius 3 is 2.67 bits per heavy atom. The van der Waals surface area contributed by atoms with E-state index in [0.717, 1.165) is 29.0 Å². The number of rotatable bonds is 3. The van der Waals surface area contributed by atoms with E-state index in [1.165, 1.54) is 23.3 Å². The van der Waals surface area contributed by atoms with Crippen molar-refractivity contribution in [3.05, 3.63) is 39.8 Å². The van der Waals surface area contributed by atoms with Gasteiger partial charge in [0.1, 0.15) is 11.2 Å². The number of methoxy groups -OCH3 is 2. The van der Waals surface area contributed by atoms with E-state index in [-0.39, 0.29) is 12.1 Å². The summed E-state index contributed by atoms with van der Waals surface area (Å²) in [5.74, 6) is 1.35. The number of amides is 1. The van der Waals surface area contributed by atoms with Crippen LogP contribution in [0.25, 0.3) is 0 Å². The van der Waals surface area contributed by atoms with Crippen molar-refractivity contribution in [2.75, 3.05) is 19.5 Å². The van der Waals surface area contributed by atoms with Crippen LogP contribution in [-0.4, -0.2) is 20.1 Å². The number of fused-ring (bicyclic) bond motifs is 3. The Labute approximate surface area is 145 Å². The van der Waals surface area contributed by atoms with Crippen LogP contribution in [0.4, 0.5) is 5.00 Å². The summed E-state index contributed by atoms with van der Waals surface area (Å²) in [6.45, 7) is 0. The number of thiophene rings is 1. The standard InChI is InChI=1S/C18H20N2O3S/c1-22-12-8-7-10(9-13(12)23-2)16-19-17(21)15-11-5-3-4-6-14(11)24-18(15)20-16/h7-9,16,20H,3-6H2,1-2H3,(H,19,21)/t16-/m0/s1. The first-order chi connectivity index (χ1) is 11.7. The number of aryl methyl sites for hydroxylation is 1. The van der Waals surface area contributed by atoms with Gasteiger partial charge in [0.25, 0.3) is 5.91 Å². The molecule has 0 bridgehead atoms. The van der Waals surface area contributed by atoms with Gasteiger partial charge < -0.3 is 20.1 Å². The molecule has 1 amide bonds. The number of anilines is 1. The summed E-state index contributed by atoms with van der Waals surface area (Å²) in [5, 5.41) is 7.55. The van der Waals surface area contributed by atoms with E-state index < -0.39 is 0 Å². The highest BCUT2D eigenvalue weighted by molar-refractivity contribution is 7.16. The Kier molecular flexibility index (Phi) is 3.84. The zero-order chi connectivity index (χ0) is 16.7. The average molecular weight is 344 g/mol. The van der Waals surface area contributed by atoms with Crippen molar-refractivity contribution in [1.82, 2.24) is 5.32 Å². The minimum atomic E-state index is -0.259. The van der Waals surface area contributed by atoms with Gasteiger partial charge in [0.05, 0.1) is 19.8 Å². The van der Waals surface area contributed by atoms with Crippen LogP contribution >= 0.6 is 11.3 Å². The van der Waals surface area contributed by atoms with E-state index >= 15 is 0 Å². The third kappa shape index (κ3) is 2.41. The second-order valence-electron chi connectivity index (χ2n) is 6.08. The van der Waals surface area contributed by atoms with Gasteiger partial charge in [-0.15, -0.1) is 11.3 Å². The van der Waals surface area contributed by atoms with Crippen molar-refractivity contribution in [1.29, 1.82) is 0 Å². The number of nitrogens with one attached hydrogen (secondary N) is 2. The number of benzene rings is 1. The average Bonchev–Trinajstić information content (AvgIpc) is 2.99. The normalized spacial score (nSPS) is 18.9. The Balaban J connectivity index is 1.68. The molecule has 0 saturated carbocycles. The molecule has 5 nitrogen and oxygen atoms in total. The second-order valence-corrected chi connectivity index (χ2v) is 7.19. The first-order valence-electron chi connectivity index (χ1n) is 8.15. The monoisotopic (exact) mass is 344 g/mol. The van der Waals surface area contributed by atoms with E-state index in [1.54, 1.807) is 25.6 Å². The molecule has 4 rings (SSSR count). The predicted octanol–water partition coefficient (Wildman–Crippen LogP) is 3.50. The molecule has 1 aromatic carbocycles. The van der Waals surface area contributed by atoms with E-state index in [2.05, 4.69) is 10.6 Å². The fourth-order valence-corrected chi connectivity index (χ4v) is 4.79. The summed E-state index contributed by atoms with van der Waals surface area (Å²) < 4.78 is 10.6. The van der Waals surface area contributed by atoms with Gasteiger partial charge in [0, 0.05) is 4.88 Å². The molecular weight excluding hydrogens is 324 g/mol. The zero-order valence-electron chi connectivity index (χ0n) is 13.8. The van der Waals surface area contributed by atoms with Crippen molar-refractivity contribution in [3.8, 4) is 11.5 Å². The Morgan fingerprint density at radius 1 is 1.08 bits per heavy atom. The Morgan fingerprint density at radius 2 is 1.88 bits per heavy atom. The Hall–Kier alpha value is -2.21. The smallest absolute Gasteiger partial charge is 0.256 e. The molecule has 0 saturated heterocycles. The molecule has 24 heavy (non-hydrogen) atoms. The van der Waals surface area contributed by atoms with Gasteiger partial charge in [-0.3, -0.25) is 4.79 Å². The predicted molar refractivity (Wildman–Crippen MR) is 94.3 cm³/mol. The van der Waals surface area contributed by atoms with Crippen LogP contribution in [0.1, 0.15) is 45.4 Å². The number of carbonyl (C=O) groups excluding carboxylic acids is 1. The number of hydrogen-bond donors (Lipinski definition) is 2. The fourth-order valence-electron chi connectivity index (χ4n) is 3.48. The molecule has 1 aromatic heterocycles. The third-order valence-corrected chi connectivity index (χ3v) is 5.91. The van der Waals surface area contributed by atoms with E-state index in [9.17, 15) is 4.79 Å². The number of carbonyl (C=O) groups is 1. The summed E-state index contributed by atoms with van der Waals surface area (Å²) >= 11 is 1.73. The van der Waals surface area contributed by atoms with Crippen molar-refractivity contribution in [2.45, 2.75) is 31.8 Å². The van der Waals surface area contributed by atoms with Gasteiger partial charge >= 0.3 is 0 Å². The van der Waals surface area contributed by atoms with E-state index in [4.69, 9.17) is 9.47 Å². The van der Waals surface area contributed by atoms with Gasteiger partial charge in [-0.05, 0) is 48.9 Å². The molecule has 0 unspecified atom stereocenters. The maximum Gasteiger partial charge on any atom is 0.256 e. The maximum atomic E-state index is 12.7. The van der Waals surface area contributed by atoms with Crippen LogP contribution in [0.5, 0.6) is 11.5 Å². The fraction of sp³-hybridized carbons (Fsp3) is 0.389. The molecule has 2 aliphatic rings. The van der Waals surface area contributed by atoms with Crippen LogP contribution in [0.2, 0.25) is 0 Å². The van der Waals surface area contributed by atoms with Gasteiger partial charge in [-0.25, -0.2) is 0 Å². The third-order valence-electron chi connectivity index (χ3n) is 4.69. The summed E-state index contributed by atoms with van der Waals surface area (Å²) in [7, 11) is 3.22.